The van der Waals surface area contributed by atoms with Crippen LogP contribution >= 0.6 is 0 Å². The first-order valence-corrected chi connectivity index (χ1v) is 7.01. The normalized spacial score (nSPS) is 11.7. The molecular formula is C15H23N3O3. The number of amides is 2. The molecule has 1 aromatic rings. The zero-order valence-corrected chi connectivity index (χ0v) is 12.3. The molecule has 0 aromatic heterocycles. The van der Waals surface area contributed by atoms with E-state index in [-0.39, 0.29) is 12.5 Å². The summed E-state index contributed by atoms with van der Waals surface area (Å²) in [6.07, 6.45) is 2.02. The third kappa shape index (κ3) is 6.76. The van der Waals surface area contributed by atoms with E-state index in [1.165, 1.54) is 0 Å². The average molecular weight is 293 g/mol. The maximum absolute atomic E-state index is 11.8. The predicted molar refractivity (Wildman–Crippen MR) is 80.7 cm³/mol. The summed E-state index contributed by atoms with van der Waals surface area (Å²) in [5.74, 6) is -0.308. The Hall–Kier alpha value is -2.08. The summed E-state index contributed by atoms with van der Waals surface area (Å²) in [6.45, 7) is 2.37. The van der Waals surface area contributed by atoms with Gasteiger partial charge in [-0.05, 0) is 44.9 Å². The highest BCUT2D eigenvalue weighted by Gasteiger charge is 2.17. The van der Waals surface area contributed by atoms with Gasteiger partial charge >= 0.3 is 0 Å². The van der Waals surface area contributed by atoms with Gasteiger partial charge in [0.2, 0.25) is 5.91 Å². The van der Waals surface area contributed by atoms with Crippen molar-refractivity contribution in [1.29, 1.82) is 0 Å². The number of nitrogens with two attached hydrogens (primary N) is 2. The average Bonchev–Trinajstić information content (AvgIpc) is 2.45. The number of carbonyl (C=O) groups excluding carboxylic acids is 2. The zero-order chi connectivity index (χ0) is 15.7. The van der Waals surface area contributed by atoms with E-state index in [0.717, 1.165) is 18.4 Å². The van der Waals surface area contributed by atoms with Crippen molar-refractivity contribution >= 4 is 11.8 Å². The number of hydrogen-bond donors (Lipinski definition) is 3. The Morgan fingerprint density at radius 1 is 1.24 bits per heavy atom. The summed E-state index contributed by atoms with van der Waals surface area (Å²) < 4.78 is 5.34. The molecule has 21 heavy (non-hydrogen) atoms. The molecule has 0 saturated heterocycles. The van der Waals surface area contributed by atoms with Gasteiger partial charge in [0.1, 0.15) is 11.8 Å². The minimum Gasteiger partial charge on any atom is -0.484 e. The predicted octanol–water partition coefficient (Wildman–Crippen LogP) is 0.473. The summed E-state index contributed by atoms with van der Waals surface area (Å²) in [4.78, 5) is 23.0. The van der Waals surface area contributed by atoms with Crippen molar-refractivity contribution < 1.29 is 14.3 Å². The molecule has 0 heterocycles. The minimum absolute atomic E-state index is 0.149. The molecule has 0 aliphatic carbocycles. The maximum Gasteiger partial charge on any atom is 0.258 e. The van der Waals surface area contributed by atoms with E-state index >= 15 is 0 Å². The second-order valence-electron chi connectivity index (χ2n) is 4.91. The molecule has 0 fully saturated rings. The molecule has 1 aromatic carbocycles. The van der Waals surface area contributed by atoms with Gasteiger partial charge < -0.3 is 21.5 Å². The molecule has 0 unspecified atom stereocenters. The highest BCUT2D eigenvalue weighted by molar-refractivity contribution is 5.87. The van der Waals surface area contributed by atoms with Crippen molar-refractivity contribution in [2.75, 3.05) is 13.2 Å². The Morgan fingerprint density at radius 3 is 2.48 bits per heavy atom. The first-order valence-electron chi connectivity index (χ1n) is 7.01. The first-order chi connectivity index (χ1) is 10.0. The third-order valence-corrected chi connectivity index (χ3v) is 3.02. The van der Waals surface area contributed by atoms with Crippen molar-refractivity contribution in [3.63, 3.8) is 0 Å². The molecule has 0 spiro atoms. The Kier molecular flexibility index (Phi) is 7.25. The molecule has 0 bridgehead atoms. The molecule has 1 atom stereocenters. The largest absolute Gasteiger partial charge is 0.484 e. The Labute approximate surface area is 124 Å². The lowest BCUT2D eigenvalue weighted by Crippen LogP contribution is -2.46. The van der Waals surface area contributed by atoms with Crippen LogP contribution in [0.3, 0.4) is 0 Å². The van der Waals surface area contributed by atoms with Crippen molar-refractivity contribution in [2.24, 2.45) is 11.5 Å². The van der Waals surface area contributed by atoms with Gasteiger partial charge in [-0.3, -0.25) is 9.59 Å². The van der Waals surface area contributed by atoms with Crippen LogP contribution in [0.25, 0.3) is 0 Å². The fraction of sp³-hybridized carbons (Fsp3) is 0.467. The van der Waals surface area contributed by atoms with Crippen molar-refractivity contribution in [1.82, 2.24) is 5.32 Å². The topological polar surface area (TPSA) is 107 Å². The van der Waals surface area contributed by atoms with Crippen LogP contribution in [0.2, 0.25) is 0 Å². The Bertz CT molecular complexity index is 460. The van der Waals surface area contributed by atoms with Crippen LogP contribution in [0.15, 0.2) is 24.3 Å². The van der Waals surface area contributed by atoms with Crippen molar-refractivity contribution in [3.05, 3.63) is 29.8 Å². The lowest BCUT2D eigenvalue weighted by Gasteiger charge is -2.15. The molecule has 6 heteroatoms. The fourth-order valence-corrected chi connectivity index (χ4v) is 1.80. The number of benzene rings is 1. The number of unbranched alkanes of at least 4 members (excludes halogenated alkanes) is 1. The van der Waals surface area contributed by atoms with Gasteiger partial charge in [-0.25, -0.2) is 0 Å². The molecular weight excluding hydrogens is 270 g/mol. The molecule has 2 amide bonds. The molecule has 116 valence electrons. The number of nitrogens with one attached hydrogen (secondary N) is 1. The van der Waals surface area contributed by atoms with Gasteiger partial charge in [0, 0.05) is 0 Å². The second-order valence-corrected chi connectivity index (χ2v) is 4.91. The van der Waals surface area contributed by atoms with Crippen LogP contribution in [0.5, 0.6) is 5.75 Å². The number of rotatable bonds is 9. The van der Waals surface area contributed by atoms with E-state index in [1.807, 2.05) is 19.1 Å². The van der Waals surface area contributed by atoms with Crippen molar-refractivity contribution in [3.8, 4) is 5.75 Å². The number of primary amides is 1. The van der Waals surface area contributed by atoms with Gasteiger partial charge in [-0.2, -0.15) is 0 Å². The lowest BCUT2D eigenvalue weighted by atomic mass is 10.1. The molecule has 0 radical (unpaired) electrons. The van der Waals surface area contributed by atoms with Crippen LogP contribution < -0.4 is 21.5 Å². The van der Waals surface area contributed by atoms with Crippen LogP contribution in [-0.4, -0.2) is 31.0 Å². The standard InChI is InChI=1S/C15H23N3O3/c1-11-5-7-12(8-6-11)21-10-14(19)18-13(15(17)20)4-2-3-9-16/h5-8,13H,2-4,9-10,16H2,1H3,(H2,17,20)(H,18,19)/t13-/m0/s1. The monoisotopic (exact) mass is 293 g/mol. The molecule has 1 rings (SSSR count). The van der Waals surface area contributed by atoms with E-state index in [9.17, 15) is 9.59 Å². The lowest BCUT2D eigenvalue weighted by molar-refractivity contribution is -0.128. The first kappa shape index (κ1) is 17.0. The molecule has 5 N–H and O–H groups in total. The Morgan fingerprint density at radius 2 is 1.90 bits per heavy atom. The highest BCUT2D eigenvalue weighted by Crippen LogP contribution is 2.11. The zero-order valence-electron chi connectivity index (χ0n) is 12.3. The van der Waals surface area contributed by atoms with Gasteiger partial charge in [0.05, 0.1) is 0 Å². The van der Waals surface area contributed by atoms with Crippen LogP contribution in [-0.2, 0) is 9.59 Å². The van der Waals surface area contributed by atoms with Gasteiger partial charge in [0.15, 0.2) is 6.61 Å². The summed E-state index contributed by atoms with van der Waals surface area (Å²) in [6, 6.07) is 6.69. The molecule has 0 aliphatic heterocycles. The summed E-state index contributed by atoms with van der Waals surface area (Å²) in [7, 11) is 0. The second kappa shape index (κ2) is 8.97. The quantitative estimate of drug-likeness (QED) is 0.575. The van der Waals surface area contributed by atoms with E-state index in [2.05, 4.69) is 5.32 Å². The smallest absolute Gasteiger partial charge is 0.258 e. The SMILES string of the molecule is Cc1ccc(OCC(=O)N[C@@H](CCCCN)C(N)=O)cc1. The van der Waals surface area contributed by atoms with E-state index in [1.54, 1.807) is 12.1 Å². The summed E-state index contributed by atoms with van der Waals surface area (Å²) in [5.41, 5.74) is 11.8. The third-order valence-electron chi connectivity index (χ3n) is 3.02. The summed E-state index contributed by atoms with van der Waals surface area (Å²) in [5, 5.41) is 2.58. The highest BCUT2D eigenvalue weighted by atomic mass is 16.5. The van der Waals surface area contributed by atoms with Gasteiger partial charge in [-0.1, -0.05) is 17.7 Å². The molecule has 0 saturated carbocycles. The fourth-order valence-electron chi connectivity index (χ4n) is 1.80. The van der Waals surface area contributed by atoms with Crippen molar-refractivity contribution in [2.45, 2.75) is 32.2 Å². The molecule has 6 nitrogen and oxygen atoms in total. The van der Waals surface area contributed by atoms with E-state index in [0.29, 0.717) is 18.7 Å². The molecule has 0 aliphatic rings. The van der Waals surface area contributed by atoms with E-state index < -0.39 is 11.9 Å². The van der Waals surface area contributed by atoms with Gasteiger partial charge in [-0.15, -0.1) is 0 Å². The maximum atomic E-state index is 11.8. The number of aryl methyl sites for hydroxylation is 1. The number of carbonyl (C=O) groups is 2. The van der Waals surface area contributed by atoms with E-state index in [4.69, 9.17) is 16.2 Å². The van der Waals surface area contributed by atoms with Crippen LogP contribution in [0, 0.1) is 6.92 Å². The number of ether oxygens (including phenoxy) is 1. The van der Waals surface area contributed by atoms with Gasteiger partial charge in [0.25, 0.3) is 5.91 Å². The Balaban J connectivity index is 2.39. The van der Waals surface area contributed by atoms with Crippen LogP contribution in [0.4, 0.5) is 0 Å². The van der Waals surface area contributed by atoms with Crippen LogP contribution in [0.1, 0.15) is 24.8 Å². The summed E-state index contributed by atoms with van der Waals surface area (Å²) >= 11 is 0. The number of hydrogen-bond acceptors (Lipinski definition) is 4. The minimum atomic E-state index is -0.675.